The zero-order valence-electron chi connectivity index (χ0n) is 8.97. The van der Waals surface area contributed by atoms with E-state index in [0.29, 0.717) is 0 Å². The highest BCUT2D eigenvalue weighted by Gasteiger charge is 2.02. The molecule has 84 valence electrons. The van der Waals surface area contributed by atoms with Gasteiger partial charge in [0.15, 0.2) is 0 Å². The highest BCUT2D eigenvalue weighted by atomic mass is 35.5. The van der Waals surface area contributed by atoms with Crippen LogP contribution in [0.2, 0.25) is 5.02 Å². The van der Waals surface area contributed by atoms with Crippen LogP contribution in [-0.4, -0.2) is 6.04 Å². The maximum Gasteiger partial charge on any atom is 0.142 e. The van der Waals surface area contributed by atoms with Gasteiger partial charge in [0.1, 0.15) is 5.82 Å². The molecule has 1 aromatic carbocycles. The van der Waals surface area contributed by atoms with Crippen LogP contribution in [0.5, 0.6) is 0 Å². The molecule has 0 aliphatic rings. The van der Waals surface area contributed by atoms with Gasteiger partial charge in [-0.3, -0.25) is 0 Å². The predicted molar refractivity (Wildman–Crippen MR) is 62.6 cm³/mol. The number of hydrogen-bond acceptors (Lipinski definition) is 1. The van der Waals surface area contributed by atoms with E-state index < -0.39 is 0 Å². The van der Waals surface area contributed by atoms with Crippen LogP contribution in [0.1, 0.15) is 31.7 Å². The lowest BCUT2D eigenvalue weighted by Gasteiger charge is -2.08. The molecule has 3 heteroatoms. The lowest BCUT2D eigenvalue weighted by molar-refractivity contribution is 0.566. The Morgan fingerprint density at radius 1 is 1.47 bits per heavy atom. The van der Waals surface area contributed by atoms with Crippen molar-refractivity contribution in [3.05, 3.63) is 34.6 Å². The molecule has 0 aromatic heterocycles. The third kappa shape index (κ3) is 4.18. The second kappa shape index (κ2) is 6.09. The monoisotopic (exact) mass is 229 g/mol. The van der Waals surface area contributed by atoms with E-state index in [-0.39, 0.29) is 16.9 Å². The molecule has 0 bridgehead atoms. The first-order valence-corrected chi connectivity index (χ1v) is 5.70. The minimum atomic E-state index is -0.339. The fourth-order valence-electron chi connectivity index (χ4n) is 1.47. The molecule has 1 atom stereocenters. The summed E-state index contributed by atoms with van der Waals surface area (Å²) in [5.41, 5.74) is 6.78. The van der Waals surface area contributed by atoms with Crippen molar-refractivity contribution >= 4 is 11.6 Å². The summed E-state index contributed by atoms with van der Waals surface area (Å²) in [5.74, 6) is -0.339. The average Bonchev–Trinajstić information content (AvgIpc) is 2.23. The Labute approximate surface area is 95.4 Å². The summed E-state index contributed by atoms with van der Waals surface area (Å²) < 4.78 is 13.1. The van der Waals surface area contributed by atoms with E-state index in [1.54, 1.807) is 6.07 Å². The Kier molecular flexibility index (Phi) is 5.06. The van der Waals surface area contributed by atoms with E-state index in [1.165, 1.54) is 6.07 Å². The summed E-state index contributed by atoms with van der Waals surface area (Å²) in [6.07, 6.45) is 3.84. The molecule has 0 heterocycles. The molecular formula is C12H17ClFN. The van der Waals surface area contributed by atoms with E-state index in [0.717, 1.165) is 31.2 Å². The Balaban J connectivity index is 2.41. The second-order valence-electron chi connectivity index (χ2n) is 3.81. The van der Waals surface area contributed by atoms with Crippen LogP contribution >= 0.6 is 11.6 Å². The molecule has 1 aromatic rings. The smallest absolute Gasteiger partial charge is 0.142 e. The lowest BCUT2D eigenvalue weighted by Crippen LogP contribution is -2.18. The van der Waals surface area contributed by atoms with Crippen molar-refractivity contribution in [2.75, 3.05) is 0 Å². The highest BCUT2D eigenvalue weighted by molar-refractivity contribution is 6.30. The molecule has 0 amide bonds. The minimum absolute atomic E-state index is 0.184. The number of benzene rings is 1. The van der Waals surface area contributed by atoms with Gasteiger partial charge in [-0.2, -0.15) is 0 Å². The van der Waals surface area contributed by atoms with E-state index in [4.69, 9.17) is 17.3 Å². The fourth-order valence-corrected chi connectivity index (χ4v) is 1.59. The van der Waals surface area contributed by atoms with Crippen LogP contribution < -0.4 is 5.73 Å². The van der Waals surface area contributed by atoms with Crippen molar-refractivity contribution in [1.82, 2.24) is 0 Å². The van der Waals surface area contributed by atoms with Crippen molar-refractivity contribution in [2.24, 2.45) is 5.73 Å². The van der Waals surface area contributed by atoms with Gasteiger partial charge in [-0.1, -0.05) is 24.6 Å². The molecular weight excluding hydrogens is 213 g/mol. The van der Waals surface area contributed by atoms with Crippen LogP contribution in [0.15, 0.2) is 18.2 Å². The minimum Gasteiger partial charge on any atom is -0.328 e. The molecule has 1 unspecified atom stereocenters. The standard InChI is InChI=1S/C12H17ClFN/c1-2-10(15)5-3-4-9-6-7-11(13)12(14)8-9/h6-8,10H,2-5,15H2,1H3. The van der Waals surface area contributed by atoms with Crippen LogP contribution in [0.25, 0.3) is 0 Å². The van der Waals surface area contributed by atoms with E-state index in [2.05, 4.69) is 6.92 Å². The number of rotatable bonds is 5. The largest absolute Gasteiger partial charge is 0.328 e. The first-order valence-electron chi connectivity index (χ1n) is 5.33. The van der Waals surface area contributed by atoms with Crippen molar-refractivity contribution in [1.29, 1.82) is 0 Å². The number of halogens is 2. The second-order valence-corrected chi connectivity index (χ2v) is 4.22. The quantitative estimate of drug-likeness (QED) is 0.821. The van der Waals surface area contributed by atoms with Gasteiger partial charge < -0.3 is 5.73 Å². The summed E-state index contributed by atoms with van der Waals surface area (Å²) in [6, 6.07) is 5.23. The Bertz CT molecular complexity index is 314. The average molecular weight is 230 g/mol. The molecule has 15 heavy (non-hydrogen) atoms. The van der Waals surface area contributed by atoms with Gasteiger partial charge in [-0.05, 0) is 43.4 Å². The summed E-state index contributed by atoms with van der Waals surface area (Å²) >= 11 is 5.59. The topological polar surface area (TPSA) is 26.0 Å². The van der Waals surface area contributed by atoms with Crippen LogP contribution in [-0.2, 0) is 6.42 Å². The van der Waals surface area contributed by atoms with E-state index in [9.17, 15) is 4.39 Å². The molecule has 0 aliphatic carbocycles. The summed E-state index contributed by atoms with van der Waals surface area (Å²) in [7, 11) is 0. The van der Waals surface area contributed by atoms with Gasteiger partial charge in [-0.15, -0.1) is 0 Å². The predicted octanol–water partition coefficient (Wildman–Crippen LogP) is 3.54. The number of aryl methyl sites for hydroxylation is 1. The van der Waals surface area contributed by atoms with Crippen molar-refractivity contribution < 1.29 is 4.39 Å². The van der Waals surface area contributed by atoms with E-state index in [1.807, 2.05) is 6.07 Å². The maximum atomic E-state index is 13.1. The Hall–Kier alpha value is -0.600. The fraction of sp³-hybridized carbons (Fsp3) is 0.500. The molecule has 0 fully saturated rings. The highest BCUT2D eigenvalue weighted by Crippen LogP contribution is 2.17. The number of nitrogens with two attached hydrogens (primary N) is 1. The first kappa shape index (κ1) is 12.5. The molecule has 0 saturated heterocycles. The van der Waals surface area contributed by atoms with E-state index >= 15 is 0 Å². The van der Waals surface area contributed by atoms with Crippen LogP contribution in [0.3, 0.4) is 0 Å². The van der Waals surface area contributed by atoms with Gasteiger partial charge >= 0.3 is 0 Å². The molecule has 1 nitrogen and oxygen atoms in total. The molecule has 0 spiro atoms. The van der Waals surface area contributed by atoms with Gasteiger partial charge in [0.25, 0.3) is 0 Å². The molecule has 0 aliphatic heterocycles. The zero-order chi connectivity index (χ0) is 11.3. The summed E-state index contributed by atoms with van der Waals surface area (Å²) in [5, 5.41) is 0.184. The lowest BCUT2D eigenvalue weighted by atomic mass is 10.0. The van der Waals surface area contributed by atoms with Gasteiger partial charge in [0, 0.05) is 6.04 Å². The Morgan fingerprint density at radius 3 is 2.80 bits per heavy atom. The third-order valence-electron chi connectivity index (χ3n) is 2.55. The van der Waals surface area contributed by atoms with Crippen molar-refractivity contribution in [2.45, 2.75) is 38.6 Å². The maximum absolute atomic E-state index is 13.1. The molecule has 2 N–H and O–H groups in total. The van der Waals surface area contributed by atoms with Crippen LogP contribution in [0, 0.1) is 5.82 Å². The molecule has 0 saturated carbocycles. The van der Waals surface area contributed by atoms with Gasteiger partial charge in [0.05, 0.1) is 5.02 Å². The SMILES string of the molecule is CCC(N)CCCc1ccc(Cl)c(F)c1. The summed E-state index contributed by atoms with van der Waals surface area (Å²) in [4.78, 5) is 0. The van der Waals surface area contributed by atoms with Gasteiger partial charge in [0.2, 0.25) is 0 Å². The zero-order valence-corrected chi connectivity index (χ0v) is 9.73. The summed E-state index contributed by atoms with van der Waals surface area (Å²) in [6.45, 7) is 2.08. The number of hydrogen-bond donors (Lipinski definition) is 1. The van der Waals surface area contributed by atoms with Crippen LogP contribution in [0.4, 0.5) is 4.39 Å². The third-order valence-corrected chi connectivity index (χ3v) is 2.86. The van der Waals surface area contributed by atoms with Crippen molar-refractivity contribution in [3.63, 3.8) is 0 Å². The molecule has 1 rings (SSSR count). The van der Waals surface area contributed by atoms with Gasteiger partial charge in [-0.25, -0.2) is 4.39 Å². The normalized spacial score (nSPS) is 12.8. The van der Waals surface area contributed by atoms with Crippen molar-refractivity contribution in [3.8, 4) is 0 Å². The molecule has 0 radical (unpaired) electrons. The first-order chi connectivity index (χ1) is 7.13. The Morgan fingerprint density at radius 2 is 2.20 bits per heavy atom.